The van der Waals surface area contributed by atoms with Gasteiger partial charge in [-0.15, -0.1) is 0 Å². The highest BCUT2D eigenvalue weighted by Gasteiger charge is 2.70. The molecule has 0 saturated heterocycles. The van der Waals surface area contributed by atoms with Crippen LogP contribution in [-0.2, 0) is 14.3 Å². The van der Waals surface area contributed by atoms with E-state index in [1.54, 1.807) is 6.92 Å². The van der Waals surface area contributed by atoms with Gasteiger partial charge in [-0.2, -0.15) is 0 Å². The summed E-state index contributed by atoms with van der Waals surface area (Å²) in [6.45, 7) is 6.53. The molecule has 0 aromatic heterocycles. The van der Waals surface area contributed by atoms with Crippen LogP contribution < -0.4 is 0 Å². The van der Waals surface area contributed by atoms with Gasteiger partial charge in [-0.1, -0.05) is 88.6 Å². The molecule has 0 N–H and O–H groups in total. The summed E-state index contributed by atoms with van der Waals surface area (Å²) in [7, 11) is 0. The lowest BCUT2D eigenvalue weighted by molar-refractivity contribution is -0.166. The first kappa shape index (κ1) is 27.0. The predicted octanol–water partition coefficient (Wildman–Crippen LogP) is 7.69. The molecule has 0 spiro atoms. The first-order valence-electron chi connectivity index (χ1n) is 14.8. The van der Waals surface area contributed by atoms with Gasteiger partial charge in [-0.25, -0.2) is 4.79 Å². The number of hydrogen-bond donors (Lipinski definition) is 0. The topological polar surface area (TPSA) is 55.8 Å². The number of rotatable bonds is 15. The van der Waals surface area contributed by atoms with Gasteiger partial charge in [0.1, 0.15) is 0 Å². The molecule has 3 saturated carbocycles. The lowest BCUT2D eigenvalue weighted by atomic mass is 9.85. The van der Waals surface area contributed by atoms with Crippen LogP contribution >= 0.6 is 0 Å². The Bertz CT molecular complexity index is 842. The molecule has 3 fully saturated rings. The number of likely N-dealkylation sites (N-methyl/N-ethyl adjacent to an activating group) is 1. The molecule has 7 atom stereocenters. The molecule has 1 aromatic rings. The lowest BCUT2D eigenvalue weighted by Crippen LogP contribution is -2.47. The number of esters is 1. The van der Waals surface area contributed by atoms with Crippen LogP contribution in [0.3, 0.4) is 0 Å². The summed E-state index contributed by atoms with van der Waals surface area (Å²) >= 11 is 0. The molecule has 0 radical (unpaired) electrons. The second-order valence-electron chi connectivity index (χ2n) is 11.3. The third kappa shape index (κ3) is 6.26. The van der Waals surface area contributed by atoms with Crippen molar-refractivity contribution in [3.8, 4) is 0 Å². The van der Waals surface area contributed by atoms with Crippen LogP contribution in [0.2, 0.25) is 0 Å². The normalized spacial score (nSPS) is 28.4. The number of ether oxygens (including phenoxy) is 2. The van der Waals surface area contributed by atoms with Crippen molar-refractivity contribution in [3.63, 3.8) is 0 Å². The van der Waals surface area contributed by atoms with Crippen LogP contribution in [0.15, 0.2) is 30.3 Å². The van der Waals surface area contributed by atoms with Gasteiger partial charge < -0.3 is 14.4 Å². The van der Waals surface area contributed by atoms with E-state index < -0.39 is 6.29 Å². The van der Waals surface area contributed by atoms with E-state index >= 15 is 0 Å². The van der Waals surface area contributed by atoms with Gasteiger partial charge in [-0.3, -0.25) is 4.79 Å². The monoisotopic (exact) mass is 497 g/mol. The molecule has 0 aliphatic heterocycles. The predicted molar refractivity (Wildman–Crippen MR) is 142 cm³/mol. The number of nitrogens with zero attached hydrogens (tertiary/aromatic N) is 1. The van der Waals surface area contributed by atoms with E-state index in [0.29, 0.717) is 30.7 Å². The Balaban J connectivity index is 1.21. The Morgan fingerprint density at radius 1 is 0.861 bits per heavy atom. The number of carbonyl (C=O) groups excluding carboxylic acids is 2. The van der Waals surface area contributed by atoms with E-state index in [1.165, 1.54) is 63.4 Å². The SMILES string of the molecule is CCCCCCCCCCCC(=O)OC(C)OC(=O)N(CC)C1C2CCC3C2C3C1c1ccccc1. The number of benzene rings is 1. The van der Waals surface area contributed by atoms with Gasteiger partial charge in [0, 0.05) is 31.8 Å². The van der Waals surface area contributed by atoms with Gasteiger partial charge in [-0.05, 0) is 55.4 Å². The molecule has 7 unspecified atom stereocenters. The van der Waals surface area contributed by atoms with E-state index in [2.05, 4.69) is 37.3 Å². The van der Waals surface area contributed by atoms with Crippen molar-refractivity contribution in [2.75, 3.05) is 6.54 Å². The van der Waals surface area contributed by atoms with Crippen LogP contribution in [-0.4, -0.2) is 35.8 Å². The lowest BCUT2D eigenvalue weighted by Gasteiger charge is -2.37. The second kappa shape index (κ2) is 13.0. The fourth-order valence-electron chi connectivity index (χ4n) is 7.43. The van der Waals surface area contributed by atoms with Gasteiger partial charge in [0.05, 0.1) is 0 Å². The van der Waals surface area contributed by atoms with E-state index in [9.17, 15) is 9.59 Å². The molecule has 3 aliphatic rings. The molecule has 36 heavy (non-hydrogen) atoms. The largest absolute Gasteiger partial charge is 0.425 e. The quantitative estimate of drug-likeness (QED) is 0.142. The van der Waals surface area contributed by atoms with Crippen molar-refractivity contribution in [3.05, 3.63) is 35.9 Å². The van der Waals surface area contributed by atoms with Crippen LogP contribution in [0.25, 0.3) is 0 Å². The van der Waals surface area contributed by atoms with Crippen molar-refractivity contribution in [2.24, 2.45) is 23.7 Å². The van der Waals surface area contributed by atoms with Crippen LogP contribution in [0.1, 0.15) is 109 Å². The molecule has 0 heterocycles. The molecule has 1 aromatic carbocycles. The highest BCUT2D eigenvalue weighted by Crippen LogP contribution is 2.73. The number of amides is 1. The molecule has 5 heteroatoms. The Morgan fingerprint density at radius 2 is 1.50 bits per heavy atom. The molecule has 0 bridgehead atoms. The fraction of sp³-hybridized carbons (Fsp3) is 0.742. The zero-order valence-electron chi connectivity index (χ0n) is 22.7. The standard InChI is InChI=1S/C31H47NO4/c1-4-6-7-8-9-10-11-12-16-19-26(33)35-22(3)36-31(34)32(5-2)30-25-21-20-24-28(25)29(24)27(30)23-17-14-13-15-18-23/h13-15,17-18,22,24-25,27-30H,4-12,16,19-21H2,1-3H3. The molecule has 5 nitrogen and oxygen atoms in total. The summed E-state index contributed by atoms with van der Waals surface area (Å²) < 4.78 is 11.1. The maximum Gasteiger partial charge on any atom is 0.413 e. The van der Waals surface area contributed by atoms with E-state index in [4.69, 9.17) is 9.47 Å². The fourth-order valence-corrected chi connectivity index (χ4v) is 7.43. The smallest absolute Gasteiger partial charge is 0.413 e. The first-order chi connectivity index (χ1) is 17.6. The van der Waals surface area contributed by atoms with Gasteiger partial charge in [0.25, 0.3) is 0 Å². The Labute approximate surface area is 218 Å². The summed E-state index contributed by atoms with van der Waals surface area (Å²) in [5.41, 5.74) is 1.34. The van der Waals surface area contributed by atoms with Gasteiger partial charge in [0.2, 0.25) is 6.29 Å². The van der Waals surface area contributed by atoms with Crippen molar-refractivity contribution < 1.29 is 19.1 Å². The minimum atomic E-state index is -0.861. The summed E-state index contributed by atoms with van der Waals surface area (Å²) in [6.07, 6.45) is 12.5. The summed E-state index contributed by atoms with van der Waals surface area (Å²) in [5.74, 6) is 2.96. The number of unbranched alkanes of at least 4 members (excludes halogenated alkanes) is 8. The summed E-state index contributed by atoms with van der Waals surface area (Å²) in [4.78, 5) is 27.5. The van der Waals surface area contributed by atoms with Crippen molar-refractivity contribution in [1.29, 1.82) is 0 Å². The molecule has 1 amide bonds. The number of fused-ring (bicyclic) bond motifs is 1. The van der Waals surface area contributed by atoms with E-state index in [1.807, 2.05) is 11.8 Å². The van der Waals surface area contributed by atoms with Crippen LogP contribution in [0.4, 0.5) is 4.79 Å². The average molecular weight is 498 g/mol. The average Bonchev–Trinajstić information content (AvgIpc) is 3.30. The molecule has 3 aliphatic carbocycles. The Hall–Kier alpha value is -2.04. The summed E-state index contributed by atoms with van der Waals surface area (Å²) in [5, 5.41) is 0. The maximum absolute atomic E-state index is 13.3. The highest BCUT2D eigenvalue weighted by atomic mass is 16.7. The molecular formula is C31H47NO4. The molecular weight excluding hydrogens is 450 g/mol. The van der Waals surface area contributed by atoms with Crippen LogP contribution in [0.5, 0.6) is 0 Å². The van der Waals surface area contributed by atoms with Crippen molar-refractivity contribution in [2.45, 2.75) is 116 Å². The number of carbonyl (C=O) groups is 2. The second-order valence-corrected chi connectivity index (χ2v) is 11.3. The van der Waals surface area contributed by atoms with Gasteiger partial charge >= 0.3 is 12.1 Å². The number of hydrogen-bond acceptors (Lipinski definition) is 4. The van der Waals surface area contributed by atoms with E-state index in [-0.39, 0.29) is 18.1 Å². The highest BCUT2D eigenvalue weighted by molar-refractivity contribution is 5.71. The van der Waals surface area contributed by atoms with Crippen molar-refractivity contribution in [1.82, 2.24) is 4.90 Å². The minimum Gasteiger partial charge on any atom is -0.425 e. The molecule has 200 valence electrons. The summed E-state index contributed by atoms with van der Waals surface area (Å²) in [6, 6.07) is 10.9. The Morgan fingerprint density at radius 3 is 2.17 bits per heavy atom. The minimum absolute atomic E-state index is 0.170. The zero-order valence-corrected chi connectivity index (χ0v) is 22.7. The van der Waals surface area contributed by atoms with Gasteiger partial charge in [0.15, 0.2) is 0 Å². The van der Waals surface area contributed by atoms with Crippen molar-refractivity contribution >= 4 is 12.1 Å². The maximum atomic E-state index is 13.3. The zero-order chi connectivity index (χ0) is 25.5. The third-order valence-corrected chi connectivity index (χ3v) is 9.01. The van der Waals surface area contributed by atoms with E-state index in [0.717, 1.165) is 24.7 Å². The van der Waals surface area contributed by atoms with Crippen LogP contribution in [0, 0.1) is 23.7 Å². The first-order valence-corrected chi connectivity index (χ1v) is 14.8. The molecule has 4 rings (SSSR count). The Kier molecular flexibility index (Phi) is 9.73. The third-order valence-electron chi connectivity index (χ3n) is 9.01.